The van der Waals surface area contributed by atoms with Crippen molar-refractivity contribution in [2.45, 2.75) is 0 Å². The molecule has 0 bridgehead atoms. The van der Waals surface area contributed by atoms with Gasteiger partial charge in [0.25, 0.3) is 0 Å². The van der Waals surface area contributed by atoms with Crippen molar-refractivity contribution in [3.8, 4) is 45.3 Å². The van der Waals surface area contributed by atoms with Gasteiger partial charge in [-0.05, 0) is 100 Å². The fourth-order valence-electron chi connectivity index (χ4n) is 9.63. The minimum Gasteiger partial charge on any atom is -0.208 e. The molecule has 0 atom stereocenters. The van der Waals surface area contributed by atoms with E-state index < -0.39 is 0 Å². The molecule has 0 amide bonds. The molecule has 2 heterocycles. The summed E-state index contributed by atoms with van der Waals surface area (Å²) in [5, 5.41) is 17.3. The van der Waals surface area contributed by atoms with E-state index in [1.54, 1.807) is 11.3 Å². The average Bonchev–Trinajstić information content (AvgIpc) is 3.69. The van der Waals surface area contributed by atoms with E-state index in [2.05, 4.69) is 188 Å². The first-order valence-corrected chi connectivity index (χ1v) is 20.8. The molecular formula is C55H31N3S. The average molecular weight is 766 g/mol. The number of thiophene rings is 1. The van der Waals surface area contributed by atoms with Crippen LogP contribution in [0.4, 0.5) is 0 Å². The summed E-state index contributed by atoms with van der Waals surface area (Å²) in [6, 6.07) is 68.0. The molecule has 0 spiro atoms. The Kier molecular flexibility index (Phi) is 6.89. The van der Waals surface area contributed by atoms with Crippen molar-refractivity contribution in [3.63, 3.8) is 0 Å². The molecule has 272 valence electrons. The normalized spacial score (nSPS) is 12.1. The fraction of sp³-hybridized carbons (Fsp3) is 0. The summed E-state index contributed by atoms with van der Waals surface area (Å²) in [7, 11) is 0. The van der Waals surface area contributed by atoms with Crippen molar-refractivity contribution >= 4 is 96.1 Å². The molecule has 0 N–H and O–H groups in total. The molecule has 0 aliphatic heterocycles. The second-order valence-corrected chi connectivity index (χ2v) is 16.5. The summed E-state index contributed by atoms with van der Waals surface area (Å²) in [6.45, 7) is 0. The molecule has 0 aliphatic carbocycles. The third-order valence-corrected chi connectivity index (χ3v) is 13.4. The van der Waals surface area contributed by atoms with E-state index in [1.807, 2.05) is 0 Å². The van der Waals surface area contributed by atoms with Crippen molar-refractivity contribution in [1.82, 2.24) is 15.0 Å². The number of benzene rings is 10. The first-order valence-electron chi connectivity index (χ1n) is 20.0. The molecule has 3 nitrogen and oxygen atoms in total. The van der Waals surface area contributed by atoms with Gasteiger partial charge < -0.3 is 0 Å². The van der Waals surface area contributed by atoms with Crippen LogP contribution in [0.3, 0.4) is 0 Å². The Balaban J connectivity index is 1.17. The zero-order valence-electron chi connectivity index (χ0n) is 31.6. The minimum absolute atomic E-state index is 0.644. The van der Waals surface area contributed by atoms with Gasteiger partial charge in [0, 0.05) is 36.9 Å². The van der Waals surface area contributed by atoms with Gasteiger partial charge >= 0.3 is 0 Å². The summed E-state index contributed by atoms with van der Waals surface area (Å²) < 4.78 is 2.42. The zero-order valence-corrected chi connectivity index (χ0v) is 32.5. The lowest BCUT2D eigenvalue weighted by atomic mass is 9.87. The molecule has 0 saturated heterocycles. The van der Waals surface area contributed by atoms with Crippen LogP contribution in [-0.2, 0) is 0 Å². The van der Waals surface area contributed by atoms with E-state index in [9.17, 15) is 0 Å². The highest BCUT2D eigenvalue weighted by Crippen LogP contribution is 2.45. The SMILES string of the molecule is c1ccc(-c2ccccc2-c2nc(-c3cc4ccc5cccc6c7cccc8ccc9cccc(c(c3)c4c56)c9c87)nc(-c3cccc4c3sc3ccccc34)n2)cc1. The molecule has 4 heteroatoms. The second-order valence-electron chi connectivity index (χ2n) is 15.5. The highest BCUT2D eigenvalue weighted by atomic mass is 32.1. The number of rotatable bonds is 4. The van der Waals surface area contributed by atoms with Crippen molar-refractivity contribution in [2.75, 3.05) is 0 Å². The zero-order chi connectivity index (χ0) is 38.6. The molecule has 2 aromatic heterocycles. The van der Waals surface area contributed by atoms with E-state index in [4.69, 9.17) is 15.0 Å². The minimum atomic E-state index is 0.644. The van der Waals surface area contributed by atoms with Crippen LogP contribution in [-0.4, -0.2) is 15.0 Å². The van der Waals surface area contributed by atoms with Gasteiger partial charge in [-0.3, -0.25) is 0 Å². The molecule has 13 rings (SSSR count). The quantitative estimate of drug-likeness (QED) is 0.168. The summed E-state index contributed by atoms with van der Waals surface area (Å²) in [6.07, 6.45) is 0. The van der Waals surface area contributed by atoms with Crippen LogP contribution in [0, 0.1) is 0 Å². The van der Waals surface area contributed by atoms with Crippen molar-refractivity contribution in [3.05, 3.63) is 188 Å². The lowest BCUT2D eigenvalue weighted by Gasteiger charge is -2.17. The number of hydrogen-bond donors (Lipinski definition) is 0. The van der Waals surface area contributed by atoms with Crippen LogP contribution in [0.25, 0.3) is 130 Å². The summed E-state index contributed by atoms with van der Waals surface area (Å²) in [5.41, 5.74) is 5.12. The van der Waals surface area contributed by atoms with Crippen LogP contribution < -0.4 is 0 Å². The van der Waals surface area contributed by atoms with Crippen LogP contribution in [0.5, 0.6) is 0 Å². The van der Waals surface area contributed by atoms with Gasteiger partial charge in [0.1, 0.15) is 0 Å². The number of fused-ring (bicyclic) bond motifs is 5. The van der Waals surface area contributed by atoms with E-state index in [1.165, 1.54) is 79.4 Å². The molecular weight excluding hydrogens is 735 g/mol. The van der Waals surface area contributed by atoms with E-state index in [-0.39, 0.29) is 0 Å². The van der Waals surface area contributed by atoms with Gasteiger partial charge in [0.05, 0.1) is 0 Å². The van der Waals surface area contributed by atoms with Gasteiger partial charge in [0.2, 0.25) is 0 Å². The molecule has 59 heavy (non-hydrogen) atoms. The molecule has 0 radical (unpaired) electrons. The summed E-state index contributed by atoms with van der Waals surface area (Å²) in [5.74, 6) is 1.95. The monoisotopic (exact) mass is 765 g/mol. The van der Waals surface area contributed by atoms with E-state index in [0.29, 0.717) is 17.5 Å². The maximum Gasteiger partial charge on any atom is 0.165 e. The van der Waals surface area contributed by atoms with Crippen LogP contribution in [0.15, 0.2) is 188 Å². The van der Waals surface area contributed by atoms with Gasteiger partial charge in [-0.25, -0.2) is 15.0 Å². The molecule has 0 aliphatic rings. The summed E-state index contributed by atoms with van der Waals surface area (Å²) >= 11 is 1.80. The predicted octanol–water partition coefficient (Wildman–Crippen LogP) is 15.3. The van der Waals surface area contributed by atoms with E-state index in [0.717, 1.165) is 33.2 Å². The first kappa shape index (κ1) is 32.5. The Labute approximate surface area is 342 Å². The maximum absolute atomic E-state index is 5.43. The summed E-state index contributed by atoms with van der Waals surface area (Å²) in [4.78, 5) is 16.2. The van der Waals surface area contributed by atoms with Crippen molar-refractivity contribution in [2.24, 2.45) is 0 Å². The third-order valence-electron chi connectivity index (χ3n) is 12.2. The Bertz CT molecular complexity index is 3840. The van der Waals surface area contributed by atoms with Gasteiger partial charge in [-0.15, -0.1) is 11.3 Å². The topological polar surface area (TPSA) is 38.7 Å². The van der Waals surface area contributed by atoms with Gasteiger partial charge in [-0.1, -0.05) is 164 Å². The van der Waals surface area contributed by atoms with Crippen LogP contribution in [0.2, 0.25) is 0 Å². The Hall–Kier alpha value is -7.53. The van der Waals surface area contributed by atoms with Gasteiger partial charge in [0.15, 0.2) is 17.5 Å². The number of hydrogen-bond acceptors (Lipinski definition) is 4. The van der Waals surface area contributed by atoms with Gasteiger partial charge in [-0.2, -0.15) is 0 Å². The predicted molar refractivity (Wildman–Crippen MR) is 251 cm³/mol. The third kappa shape index (κ3) is 4.84. The van der Waals surface area contributed by atoms with Crippen LogP contribution in [0.1, 0.15) is 0 Å². The molecule has 0 fully saturated rings. The Morgan fingerprint density at radius 1 is 0.288 bits per heavy atom. The standard InChI is InChI=1S/C55H31N3S/c1-2-12-32(13-3-1)38-17-4-5-19-44(38)54-56-53(57-55(58-54)45-24-11-23-43-39-18-6-7-25-47(39)59-52(43)45)37-30-36-29-28-35-15-9-21-41-40-20-8-14-33-26-27-34-16-10-22-42(50(34)48(33)40)46(31-37)51(36)49(35)41/h1-31H. The largest absolute Gasteiger partial charge is 0.208 e. The Morgan fingerprint density at radius 2 is 0.780 bits per heavy atom. The van der Waals surface area contributed by atoms with E-state index >= 15 is 0 Å². The fourth-order valence-corrected chi connectivity index (χ4v) is 10.8. The Morgan fingerprint density at radius 3 is 1.49 bits per heavy atom. The number of nitrogens with zero attached hydrogens (tertiary/aromatic N) is 3. The molecule has 11 aromatic carbocycles. The molecule has 13 aromatic rings. The first-order chi connectivity index (χ1) is 29.2. The van der Waals surface area contributed by atoms with Crippen molar-refractivity contribution < 1.29 is 0 Å². The number of aromatic nitrogens is 3. The maximum atomic E-state index is 5.43. The molecule has 0 unspecified atom stereocenters. The molecule has 0 saturated carbocycles. The highest BCUT2D eigenvalue weighted by Gasteiger charge is 2.21. The van der Waals surface area contributed by atoms with Crippen LogP contribution >= 0.6 is 11.3 Å². The van der Waals surface area contributed by atoms with Crippen molar-refractivity contribution in [1.29, 1.82) is 0 Å². The lowest BCUT2D eigenvalue weighted by Crippen LogP contribution is -2.01. The highest BCUT2D eigenvalue weighted by molar-refractivity contribution is 7.26. The lowest BCUT2D eigenvalue weighted by molar-refractivity contribution is 1.08. The second kappa shape index (κ2) is 12.5. The smallest absolute Gasteiger partial charge is 0.165 e.